The van der Waals surface area contributed by atoms with E-state index in [2.05, 4.69) is 15.5 Å². The highest BCUT2D eigenvalue weighted by Crippen LogP contribution is 2.29. The molecule has 0 fully saturated rings. The summed E-state index contributed by atoms with van der Waals surface area (Å²) in [5.41, 5.74) is 9.09. The topological polar surface area (TPSA) is 103 Å². The number of thioether (sulfide) groups is 1. The molecule has 7 nitrogen and oxygen atoms in total. The van der Waals surface area contributed by atoms with Crippen molar-refractivity contribution < 1.29 is 9.59 Å². The molecule has 0 bridgehead atoms. The van der Waals surface area contributed by atoms with Crippen LogP contribution in [0.1, 0.15) is 15.9 Å². The minimum atomic E-state index is -0.518. The Bertz CT molecular complexity index is 1290. The number of carbonyl (C=O) groups is 2. The Morgan fingerprint density at radius 1 is 0.970 bits per heavy atom. The molecule has 0 saturated carbocycles. The number of aryl methyl sites for hydroxylation is 1. The Hall–Kier alpha value is -3.62. The number of carbonyl (C=O) groups excluding carboxylic acids is 2. The van der Waals surface area contributed by atoms with Crippen LogP contribution in [-0.2, 0) is 4.79 Å². The molecule has 3 N–H and O–H groups in total. The smallest absolute Gasteiger partial charge is 0.248 e. The van der Waals surface area contributed by atoms with Gasteiger partial charge in [-0.05, 0) is 67.6 Å². The fraction of sp³-hybridized carbons (Fsp3) is 0.0833. The molecule has 0 aliphatic carbocycles. The molecule has 166 valence electrons. The molecule has 1 aromatic heterocycles. The number of rotatable bonds is 7. The summed E-state index contributed by atoms with van der Waals surface area (Å²) in [4.78, 5) is 23.7. The summed E-state index contributed by atoms with van der Waals surface area (Å²) in [5.74, 6) is 0.0523. The fourth-order valence-corrected chi connectivity index (χ4v) is 4.00. The van der Waals surface area contributed by atoms with Gasteiger partial charge in [0, 0.05) is 27.5 Å². The minimum absolute atomic E-state index is 0.127. The first kappa shape index (κ1) is 22.6. The van der Waals surface area contributed by atoms with Crippen LogP contribution in [-0.4, -0.2) is 32.3 Å². The first-order valence-electron chi connectivity index (χ1n) is 10.0. The number of anilines is 1. The third-order valence-corrected chi connectivity index (χ3v) is 5.99. The van der Waals surface area contributed by atoms with Crippen molar-refractivity contribution in [3.05, 3.63) is 88.9 Å². The first-order chi connectivity index (χ1) is 15.9. The van der Waals surface area contributed by atoms with E-state index in [1.807, 2.05) is 47.9 Å². The Morgan fingerprint density at radius 3 is 2.27 bits per heavy atom. The lowest BCUT2D eigenvalue weighted by molar-refractivity contribution is -0.113. The largest absolute Gasteiger partial charge is 0.366 e. The maximum absolute atomic E-state index is 12.5. The summed E-state index contributed by atoms with van der Waals surface area (Å²) in [5, 5.41) is 12.7. The lowest BCUT2D eigenvalue weighted by atomic mass is 10.2. The maximum Gasteiger partial charge on any atom is 0.248 e. The second-order valence-electron chi connectivity index (χ2n) is 7.26. The molecule has 4 rings (SSSR count). The Balaban J connectivity index is 1.55. The van der Waals surface area contributed by atoms with Crippen LogP contribution in [0.2, 0.25) is 5.02 Å². The van der Waals surface area contributed by atoms with Gasteiger partial charge in [-0.15, -0.1) is 10.2 Å². The second kappa shape index (κ2) is 9.89. The minimum Gasteiger partial charge on any atom is -0.366 e. The van der Waals surface area contributed by atoms with Gasteiger partial charge < -0.3 is 11.1 Å². The molecule has 0 atom stereocenters. The summed E-state index contributed by atoms with van der Waals surface area (Å²) in [6, 6.07) is 21.8. The summed E-state index contributed by atoms with van der Waals surface area (Å²) in [6.45, 7) is 2.02. The number of benzene rings is 3. The number of hydrogen-bond donors (Lipinski definition) is 2. The first-order valence-corrected chi connectivity index (χ1v) is 11.4. The normalized spacial score (nSPS) is 10.7. The van der Waals surface area contributed by atoms with E-state index >= 15 is 0 Å². The molecule has 0 spiro atoms. The number of halogens is 1. The van der Waals surface area contributed by atoms with E-state index in [-0.39, 0.29) is 11.7 Å². The van der Waals surface area contributed by atoms with Crippen LogP contribution < -0.4 is 11.1 Å². The highest BCUT2D eigenvalue weighted by Gasteiger charge is 2.17. The molecule has 0 aliphatic heterocycles. The Labute approximate surface area is 200 Å². The summed E-state index contributed by atoms with van der Waals surface area (Å²) in [7, 11) is 0. The summed E-state index contributed by atoms with van der Waals surface area (Å²) < 4.78 is 1.92. The molecular weight excluding hydrogens is 458 g/mol. The number of aromatic nitrogens is 3. The van der Waals surface area contributed by atoms with Crippen LogP contribution in [0.3, 0.4) is 0 Å². The Morgan fingerprint density at radius 2 is 1.64 bits per heavy atom. The quantitative estimate of drug-likeness (QED) is 0.375. The average molecular weight is 478 g/mol. The Kier molecular flexibility index (Phi) is 6.76. The van der Waals surface area contributed by atoms with Gasteiger partial charge in [0.15, 0.2) is 11.0 Å². The third-order valence-electron chi connectivity index (χ3n) is 4.81. The van der Waals surface area contributed by atoms with Crippen molar-refractivity contribution in [2.75, 3.05) is 11.1 Å². The number of nitrogens with zero attached hydrogens (tertiary/aromatic N) is 3. The van der Waals surface area contributed by atoms with Crippen molar-refractivity contribution in [2.45, 2.75) is 12.1 Å². The van der Waals surface area contributed by atoms with Crippen molar-refractivity contribution in [3.63, 3.8) is 0 Å². The van der Waals surface area contributed by atoms with Gasteiger partial charge in [-0.2, -0.15) is 0 Å². The van der Waals surface area contributed by atoms with Crippen molar-refractivity contribution >= 4 is 40.9 Å². The van der Waals surface area contributed by atoms with Gasteiger partial charge >= 0.3 is 0 Å². The van der Waals surface area contributed by atoms with Crippen molar-refractivity contribution in [1.82, 2.24) is 14.8 Å². The van der Waals surface area contributed by atoms with Crippen molar-refractivity contribution in [1.29, 1.82) is 0 Å². The van der Waals surface area contributed by atoms with Crippen molar-refractivity contribution in [3.8, 4) is 17.1 Å². The van der Waals surface area contributed by atoms with Gasteiger partial charge in [0.2, 0.25) is 11.8 Å². The van der Waals surface area contributed by atoms with Crippen LogP contribution in [0.5, 0.6) is 0 Å². The van der Waals surface area contributed by atoms with Crippen LogP contribution in [0, 0.1) is 6.92 Å². The number of primary amides is 1. The number of hydrogen-bond acceptors (Lipinski definition) is 5. The molecule has 0 unspecified atom stereocenters. The van der Waals surface area contributed by atoms with E-state index in [0.717, 1.165) is 16.8 Å². The van der Waals surface area contributed by atoms with Crippen LogP contribution in [0.15, 0.2) is 78.0 Å². The molecule has 0 saturated heterocycles. The van der Waals surface area contributed by atoms with Gasteiger partial charge in [0.05, 0.1) is 5.75 Å². The molecule has 2 amide bonds. The predicted molar refractivity (Wildman–Crippen MR) is 131 cm³/mol. The van der Waals surface area contributed by atoms with E-state index in [9.17, 15) is 9.59 Å². The average Bonchev–Trinajstić information content (AvgIpc) is 3.23. The van der Waals surface area contributed by atoms with Crippen molar-refractivity contribution in [2.24, 2.45) is 5.73 Å². The van der Waals surface area contributed by atoms with Crippen LogP contribution >= 0.6 is 23.4 Å². The van der Waals surface area contributed by atoms with Gasteiger partial charge in [-0.25, -0.2) is 0 Å². The highest BCUT2D eigenvalue weighted by atomic mass is 35.5. The number of amides is 2. The highest BCUT2D eigenvalue weighted by molar-refractivity contribution is 7.99. The molecule has 3 aromatic carbocycles. The molecule has 4 aromatic rings. The van der Waals surface area contributed by atoms with E-state index < -0.39 is 5.91 Å². The van der Waals surface area contributed by atoms with Gasteiger partial charge in [-0.1, -0.05) is 41.1 Å². The maximum atomic E-state index is 12.5. The van der Waals surface area contributed by atoms with Crippen LogP contribution in [0.4, 0.5) is 5.69 Å². The van der Waals surface area contributed by atoms with E-state index in [0.29, 0.717) is 27.3 Å². The monoisotopic (exact) mass is 477 g/mol. The molecule has 0 aliphatic rings. The van der Waals surface area contributed by atoms with Gasteiger partial charge in [0.25, 0.3) is 0 Å². The lowest BCUT2D eigenvalue weighted by Gasteiger charge is -2.11. The third kappa shape index (κ3) is 5.42. The fourth-order valence-electron chi connectivity index (χ4n) is 3.12. The van der Waals surface area contributed by atoms with Crippen LogP contribution in [0.25, 0.3) is 17.1 Å². The summed E-state index contributed by atoms with van der Waals surface area (Å²) in [6.07, 6.45) is 0. The molecule has 0 radical (unpaired) electrons. The predicted octanol–water partition coefficient (Wildman–Crippen LogP) is 4.73. The van der Waals surface area contributed by atoms with E-state index in [1.165, 1.54) is 11.8 Å². The SMILES string of the molecule is Cc1ccc(-n2c(SCC(=O)Nc3ccc(C(N)=O)cc3)nnc2-c2ccc(Cl)cc2)cc1. The number of nitrogens with two attached hydrogens (primary N) is 1. The standard InChI is InChI=1S/C24H20ClN5O2S/c1-15-2-12-20(13-3-15)30-23(17-4-8-18(25)9-5-17)28-29-24(30)33-14-21(31)27-19-10-6-16(7-11-19)22(26)32/h2-13H,14H2,1H3,(H2,26,32)(H,27,31). The lowest BCUT2D eigenvalue weighted by Crippen LogP contribution is -2.15. The van der Waals surface area contributed by atoms with Gasteiger partial charge in [0.1, 0.15) is 0 Å². The van der Waals surface area contributed by atoms with E-state index in [4.69, 9.17) is 17.3 Å². The second-order valence-corrected chi connectivity index (χ2v) is 8.64. The van der Waals surface area contributed by atoms with Gasteiger partial charge in [-0.3, -0.25) is 14.2 Å². The number of nitrogens with one attached hydrogen (secondary N) is 1. The molecule has 9 heteroatoms. The molecule has 1 heterocycles. The zero-order valence-electron chi connectivity index (χ0n) is 17.7. The molecule has 33 heavy (non-hydrogen) atoms. The zero-order chi connectivity index (χ0) is 23.4. The molecular formula is C24H20ClN5O2S. The van der Waals surface area contributed by atoms with E-state index in [1.54, 1.807) is 36.4 Å². The summed E-state index contributed by atoms with van der Waals surface area (Å²) >= 11 is 7.32. The zero-order valence-corrected chi connectivity index (χ0v) is 19.2.